The first-order valence-corrected chi connectivity index (χ1v) is 5.42. The third-order valence-corrected chi connectivity index (χ3v) is 2.65. The molecule has 1 rings (SSSR count). The second-order valence-corrected chi connectivity index (χ2v) is 3.81. The summed E-state index contributed by atoms with van der Waals surface area (Å²) >= 11 is 0. The van der Waals surface area contributed by atoms with Gasteiger partial charge in [-0.2, -0.15) is 0 Å². The number of carbonyl (C=O) groups is 1. The summed E-state index contributed by atoms with van der Waals surface area (Å²) in [6, 6.07) is 2.86. The van der Waals surface area contributed by atoms with Gasteiger partial charge in [0.1, 0.15) is 6.10 Å². The van der Waals surface area contributed by atoms with Crippen LogP contribution in [0.5, 0.6) is 11.5 Å². The van der Waals surface area contributed by atoms with Gasteiger partial charge in [-0.15, -0.1) is 0 Å². The van der Waals surface area contributed by atoms with Crippen molar-refractivity contribution in [2.75, 3.05) is 20.7 Å². The Balaban J connectivity index is 3.16. The molecule has 0 spiro atoms. The highest BCUT2D eigenvalue weighted by Crippen LogP contribution is 2.34. The van der Waals surface area contributed by atoms with Gasteiger partial charge in [-0.3, -0.25) is 4.79 Å². The minimum Gasteiger partial charge on any atom is -0.504 e. The molecule has 0 aromatic heterocycles. The molecule has 0 aliphatic rings. The molecule has 0 fully saturated rings. The molecule has 0 aliphatic carbocycles. The molecule has 0 aliphatic heterocycles. The number of likely N-dealkylation sites (N-methyl/N-ethyl adjacent to an activating group) is 1. The maximum absolute atomic E-state index is 11.0. The molecule has 4 N–H and O–H groups in total. The Morgan fingerprint density at radius 3 is 2.61 bits per heavy atom. The molecular formula is C12H17NO5. The molecule has 0 saturated carbocycles. The van der Waals surface area contributed by atoms with Crippen LogP contribution in [-0.4, -0.2) is 48.4 Å². The van der Waals surface area contributed by atoms with Crippen LogP contribution in [0.25, 0.3) is 0 Å². The molecule has 0 bridgehead atoms. The number of aliphatic hydroxyl groups is 2. The van der Waals surface area contributed by atoms with Gasteiger partial charge in [0.2, 0.25) is 0 Å². The van der Waals surface area contributed by atoms with Crippen molar-refractivity contribution in [2.24, 2.45) is 0 Å². The van der Waals surface area contributed by atoms with Crippen LogP contribution >= 0.6 is 0 Å². The SMILES string of the molecule is CNCC(O)C(O)c1ccc(OC)c(O)c1C=O. The molecular weight excluding hydrogens is 238 g/mol. The lowest BCUT2D eigenvalue weighted by Crippen LogP contribution is -2.30. The average molecular weight is 255 g/mol. The number of methoxy groups -OCH3 is 1. The highest BCUT2D eigenvalue weighted by molar-refractivity contribution is 5.83. The quantitative estimate of drug-likeness (QED) is 0.527. The zero-order chi connectivity index (χ0) is 13.7. The zero-order valence-corrected chi connectivity index (χ0v) is 10.3. The lowest BCUT2D eigenvalue weighted by molar-refractivity contribution is 0.0197. The monoisotopic (exact) mass is 255 g/mol. The number of aromatic hydroxyl groups is 1. The van der Waals surface area contributed by atoms with Crippen LogP contribution in [0, 0.1) is 0 Å². The molecule has 100 valence electrons. The minimum atomic E-state index is -1.27. The van der Waals surface area contributed by atoms with Gasteiger partial charge in [0, 0.05) is 6.54 Å². The molecule has 0 radical (unpaired) electrons. The molecule has 0 heterocycles. The normalized spacial score (nSPS) is 14.0. The van der Waals surface area contributed by atoms with E-state index in [1.807, 2.05) is 0 Å². The van der Waals surface area contributed by atoms with Gasteiger partial charge >= 0.3 is 0 Å². The van der Waals surface area contributed by atoms with E-state index in [1.165, 1.54) is 19.2 Å². The number of hydrogen-bond donors (Lipinski definition) is 4. The number of ether oxygens (including phenoxy) is 1. The van der Waals surface area contributed by atoms with Crippen LogP contribution in [0.3, 0.4) is 0 Å². The number of hydrogen-bond acceptors (Lipinski definition) is 6. The second-order valence-electron chi connectivity index (χ2n) is 3.81. The molecule has 1 aromatic rings. The second kappa shape index (κ2) is 6.34. The van der Waals surface area contributed by atoms with Crippen molar-refractivity contribution in [3.63, 3.8) is 0 Å². The first kappa shape index (κ1) is 14.4. The number of phenolic OH excluding ortho intramolecular Hbond substituents is 1. The number of aliphatic hydroxyl groups excluding tert-OH is 2. The highest BCUT2D eigenvalue weighted by atomic mass is 16.5. The number of aldehydes is 1. The van der Waals surface area contributed by atoms with Crippen LogP contribution in [0.2, 0.25) is 0 Å². The fourth-order valence-electron chi connectivity index (χ4n) is 1.68. The van der Waals surface area contributed by atoms with Gasteiger partial charge in [0.15, 0.2) is 17.8 Å². The number of phenols is 1. The van der Waals surface area contributed by atoms with E-state index >= 15 is 0 Å². The Morgan fingerprint density at radius 2 is 2.11 bits per heavy atom. The van der Waals surface area contributed by atoms with Crippen LogP contribution in [0.15, 0.2) is 12.1 Å². The minimum absolute atomic E-state index is 0.0861. The molecule has 2 atom stereocenters. The highest BCUT2D eigenvalue weighted by Gasteiger charge is 2.23. The van der Waals surface area contributed by atoms with Gasteiger partial charge in [-0.05, 0) is 18.7 Å². The van der Waals surface area contributed by atoms with E-state index < -0.39 is 12.2 Å². The van der Waals surface area contributed by atoms with Crippen molar-refractivity contribution in [1.29, 1.82) is 0 Å². The number of nitrogens with one attached hydrogen (secondary N) is 1. The van der Waals surface area contributed by atoms with Gasteiger partial charge in [-0.25, -0.2) is 0 Å². The third kappa shape index (κ3) is 2.79. The van der Waals surface area contributed by atoms with Crippen molar-refractivity contribution in [3.8, 4) is 11.5 Å². The van der Waals surface area contributed by atoms with E-state index in [1.54, 1.807) is 7.05 Å². The summed E-state index contributed by atoms with van der Waals surface area (Å²) in [6.45, 7) is 0.159. The Morgan fingerprint density at radius 1 is 1.44 bits per heavy atom. The van der Waals surface area contributed by atoms with Gasteiger partial charge in [-0.1, -0.05) is 6.07 Å². The summed E-state index contributed by atoms with van der Waals surface area (Å²) in [7, 11) is 2.98. The molecule has 2 unspecified atom stereocenters. The number of rotatable bonds is 6. The molecule has 1 aromatic carbocycles. The average Bonchev–Trinajstić information content (AvgIpc) is 2.37. The molecule has 6 heteroatoms. The summed E-state index contributed by atoms with van der Waals surface area (Å²) in [5, 5.41) is 32.1. The fourth-order valence-corrected chi connectivity index (χ4v) is 1.68. The largest absolute Gasteiger partial charge is 0.504 e. The van der Waals surface area contributed by atoms with Crippen LogP contribution in [0.1, 0.15) is 22.0 Å². The van der Waals surface area contributed by atoms with E-state index in [4.69, 9.17) is 4.74 Å². The summed E-state index contributed by atoms with van der Waals surface area (Å²) in [5.74, 6) is -0.211. The number of benzene rings is 1. The summed E-state index contributed by atoms with van der Waals surface area (Å²) < 4.78 is 4.86. The van der Waals surface area contributed by atoms with Crippen LogP contribution < -0.4 is 10.1 Å². The summed E-state index contributed by atoms with van der Waals surface area (Å²) in [4.78, 5) is 11.0. The van der Waals surface area contributed by atoms with Gasteiger partial charge < -0.3 is 25.4 Å². The summed E-state index contributed by atoms with van der Waals surface area (Å²) in [6.07, 6.45) is -1.93. The first-order chi connectivity index (χ1) is 8.56. The predicted octanol–water partition coefficient (Wildman–Crippen LogP) is -0.173. The Kier molecular flexibility index (Phi) is 5.08. The topological polar surface area (TPSA) is 99.0 Å². The standard InChI is InChI=1S/C12H17NO5/c1-13-5-9(15)11(16)7-3-4-10(18-2)12(17)8(7)6-14/h3-4,6,9,11,13,15-17H,5H2,1-2H3. The third-order valence-electron chi connectivity index (χ3n) is 2.65. The Bertz CT molecular complexity index is 421. The van der Waals surface area contributed by atoms with Crippen LogP contribution in [0.4, 0.5) is 0 Å². The smallest absolute Gasteiger partial charge is 0.168 e. The van der Waals surface area contributed by atoms with Crippen molar-refractivity contribution in [2.45, 2.75) is 12.2 Å². The van der Waals surface area contributed by atoms with Crippen LogP contribution in [-0.2, 0) is 0 Å². The molecule has 18 heavy (non-hydrogen) atoms. The lowest BCUT2D eigenvalue weighted by atomic mass is 9.98. The molecule has 0 amide bonds. The molecule has 0 saturated heterocycles. The lowest BCUT2D eigenvalue weighted by Gasteiger charge is -2.20. The first-order valence-electron chi connectivity index (χ1n) is 5.42. The van der Waals surface area contributed by atoms with E-state index in [2.05, 4.69) is 5.32 Å². The Hall–Kier alpha value is -1.63. The summed E-state index contributed by atoms with van der Waals surface area (Å²) in [5.41, 5.74) is 0.0723. The van der Waals surface area contributed by atoms with E-state index in [0.29, 0.717) is 6.29 Å². The van der Waals surface area contributed by atoms with Crippen molar-refractivity contribution in [3.05, 3.63) is 23.3 Å². The Labute approximate surface area is 105 Å². The fraction of sp³-hybridized carbons (Fsp3) is 0.417. The van der Waals surface area contributed by atoms with Crippen molar-refractivity contribution < 1.29 is 24.9 Å². The van der Waals surface area contributed by atoms with Gasteiger partial charge in [0.25, 0.3) is 0 Å². The molecule has 6 nitrogen and oxygen atoms in total. The maximum Gasteiger partial charge on any atom is 0.168 e. The van der Waals surface area contributed by atoms with E-state index in [9.17, 15) is 20.1 Å². The predicted molar refractivity (Wildman–Crippen MR) is 64.9 cm³/mol. The van der Waals surface area contributed by atoms with E-state index in [-0.39, 0.29) is 29.2 Å². The number of carbonyl (C=O) groups excluding carboxylic acids is 1. The van der Waals surface area contributed by atoms with Crippen molar-refractivity contribution in [1.82, 2.24) is 5.32 Å². The van der Waals surface area contributed by atoms with Crippen molar-refractivity contribution >= 4 is 6.29 Å². The zero-order valence-electron chi connectivity index (χ0n) is 10.3. The van der Waals surface area contributed by atoms with Gasteiger partial charge in [0.05, 0.1) is 18.8 Å². The maximum atomic E-state index is 11.0. The van der Waals surface area contributed by atoms with E-state index in [0.717, 1.165) is 0 Å².